The summed E-state index contributed by atoms with van der Waals surface area (Å²) in [6, 6.07) is 20.1. The van der Waals surface area contributed by atoms with Gasteiger partial charge in [0.15, 0.2) is 0 Å². The number of benzene rings is 2. The van der Waals surface area contributed by atoms with E-state index >= 15 is 0 Å². The minimum Gasteiger partial charge on any atom is -0.377 e. The minimum absolute atomic E-state index is 0.0565. The van der Waals surface area contributed by atoms with Crippen molar-refractivity contribution in [2.24, 2.45) is 0 Å². The monoisotopic (exact) mass is 340 g/mol. The lowest BCUT2D eigenvalue weighted by molar-refractivity contribution is -0.118. The standard InChI is InChI=1S/C21H24O2S/c1-2-10-21(24-19-13-7-4-8-14-19)20(22)15-9-16-23-17-18-11-5-3-6-12-18/h2-8,11-14,21H,1,9-10,15-17H2. The van der Waals surface area contributed by atoms with Crippen molar-refractivity contribution in [2.45, 2.75) is 36.0 Å². The van der Waals surface area contributed by atoms with Crippen molar-refractivity contribution in [3.05, 3.63) is 78.9 Å². The van der Waals surface area contributed by atoms with Crippen LogP contribution in [0.1, 0.15) is 24.8 Å². The number of carbonyl (C=O) groups excluding carboxylic acids is 1. The van der Waals surface area contributed by atoms with Gasteiger partial charge in [-0.15, -0.1) is 18.3 Å². The summed E-state index contributed by atoms with van der Waals surface area (Å²) in [6.07, 6.45) is 3.83. The SMILES string of the molecule is C=CCC(Sc1ccccc1)C(=O)CCCOCc1ccccc1. The Balaban J connectivity index is 1.71. The van der Waals surface area contributed by atoms with Crippen LogP contribution in [0.3, 0.4) is 0 Å². The van der Waals surface area contributed by atoms with Gasteiger partial charge >= 0.3 is 0 Å². The topological polar surface area (TPSA) is 26.3 Å². The van der Waals surface area contributed by atoms with Gasteiger partial charge in [0, 0.05) is 17.9 Å². The van der Waals surface area contributed by atoms with E-state index in [1.165, 1.54) is 0 Å². The molecule has 0 radical (unpaired) electrons. The number of hydrogen-bond acceptors (Lipinski definition) is 3. The van der Waals surface area contributed by atoms with Crippen LogP contribution in [0, 0.1) is 0 Å². The van der Waals surface area contributed by atoms with Gasteiger partial charge in [-0.05, 0) is 30.5 Å². The Hall–Kier alpha value is -1.84. The van der Waals surface area contributed by atoms with E-state index in [2.05, 4.69) is 6.58 Å². The van der Waals surface area contributed by atoms with Gasteiger partial charge in [0.1, 0.15) is 5.78 Å². The summed E-state index contributed by atoms with van der Waals surface area (Å²) in [4.78, 5) is 13.6. The Bertz CT molecular complexity index is 610. The van der Waals surface area contributed by atoms with Crippen LogP contribution in [0.2, 0.25) is 0 Å². The van der Waals surface area contributed by atoms with Gasteiger partial charge in [-0.2, -0.15) is 0 Å². The van der Waals surface area contributed by atoms with Crippen LogP contribution in [0.15, 0.2) is 78.2 Å². The quantitative estimate of drug-likeness (QED) is 0.316. The van der Waals surface area contributed by atoms with Crippen molar-refractivity contribution in [1.29, 1.82) is 0 Å². The Labute approximate surface area is 148 Å². The van der Waals surface area contributed by atoms with E-state index in [4.69, 9.17) is 4.74 Å². The molecule has 0 amide bonds. The Kier molecular flexibility index (Phi) is 8.36. The molecule has 0 aliphatic carbocycles. The molecule has 0 aromatic heterocycles. The maximum Gasteiger partial charge on any atom is 0.146 e. The number of ether oxygens (including phenoxy) is 1. The van der Waals surface area contributed by atoms with Crippen LogP contribution in [0.4, 0.5) is 0 Å². The van der Waals surface area contributed by atoms with Gasteiger partial charge < -0.3 is 4.74 Å². The van der Waals surface area contributed by atoms with Crippen LogP contribution in [-0.2, 0) is 16.1 Å². The number of thioether (sulfide) groups is 1. The lowest BCUT2D eigenvalue weighted by Crippen LogP contribution is -2.17. The van der Waals surface area contributed by atoms with E-state index in [1.54, 1.807) is 11.8 Å². The third-order valence-corrected chi connectivity index (χ3v) is 4.87. The molecule has 0 bridgehead atoms. The second-order valence-corrected chi connectivity index (χ2v) is 6.83. The molecule has 0 heterocycles. The van der Waals surface area contributed by atoms with E-state index in [1.807, 2.05) is 66.7 Å². The van der Waals surface area contributed by atoms with Crippen LogP contribution in [-0.4, -0.2) is 17.6 Å². The first-order chi connectivity index (χ1) is 11.8. The summed E-state index contributed by atoms with van der Waals surface area (Å²) >= 11 is 1.62. The molecular formula is C21H24O2S. The third kappa shape index (κ3) is 6.73. The van der Waals surface area contributed by atoms with E-state index in [0.29, 0.717) is 26.1 Å². The van der Waals surface area contributed by atoms with Crippen LogP contribution < -0.4 is 0 Å². The predicted octanol–water partition coefficient (Wildman–Crippen LogP) is 5.29. The number of rotatable bonds is 11. The summed E-state index contributed by atoms with van der Waals surface area (Å²) in [7, 11) is 0. The molecule has 0 aliphatic heterocycles. The van der Waals surface area contributed by atoms with Crippen LogP contribution >= 0.6 is 11.8 Å². The zero-order valence-electron chi connectivity index (χ0n) is 13.9. The van der Waals surface area contributed by atoms with Crippen molar-refractivity contribution in [3.63, 3.8) is 0 Å². The summed E-state index contributed by atoms with van der Waals surface area (Å²) in [5.41, 5.74) is 1.16. The van der Waals surface area contributed by atoms with Crippen LogP contribution in [0.5, 0.6) is 0 Å². The van der Waals surface area contributed by atoms with Gasteiger partial charge in [0.05, 0.1) is 11.9 Å². The van der Waals surface area contributed by atoms with E-state index < -0.39 is 0 Å². The first-order valence-corrected chi connectivity index (χ1v) is 9.14. The molecule has 126 valence electrons. The molecule has 0 spiro atoms. The zero-order valence-corrected chi connectivity index (χ0v) is 14.7. The molecule has 2 nitrogen and oxygen atoms in total. The average Bonchev–Trinajstić information content (AvgIpc) is 2.62. The van der Waals surface area contributed by atoms with Crippen molar-refractivity contribution in [1.82, 2.24) is 0 Å². The maximum atomic E-state index is 12.4. The Morgan fingerprint density at radius 2 is 1.75 bits per heavy atom. The molecule has 1 unspecified atom stereocenters. The fraction of sp³-hybridized carbons (Fsp3) is 0.286. The third-order valence-electron chi connectivity index (χ3n) is 3.58. The average molecular weight is 340 g/mol. The van der Waals surface area contributed by atoms with Crippen molar-refractivity contribution >= 4 is 17.5 Å². The van der Waals surface area contributed by atoms with Gasteiger partial charge in [-0.25, -0.2) is 0 Å². The first kappa shape index (κ1) is 18.5. The van der Waals surface area contributed by atoms with E-state index in [0.717, 1.165) is 16.9 Å². The lowest BCUT2D eigenvalue weighted by atomic mass is 10.1. The number of Topliss-reactive ketones (excluding diaryl/α,β-unsaturated/α-hetero) is 1. The fourth-order valence-electron chi connectivity index (χ4n) is 2.33. The highest BCUT2D eigenvalue weighted by Gasteiger charge is 2.17. The molecule has 2 rings (SSSR count). The summed E-state index contributed by atoms with van der Waals surface area (Å²) < 4.78 is 5.65. The lowest BCUT2D eigenvalue weighted by Gasteiger charge is -2.13. The number of ketones is 1. The number of carbonyl (C=O) groups is 1. The summed E-state index contributed by atoms with van der Waals surface area (Å²) in [6.45, 7) is 4.99. The largest absolute Gasteiger partial charge is 0.377 e. The molecule has 0 fully saturated rings. The van der Waals surface area contributed by atoms with Crippen molar-refractivity contribution < 1.29 is 9.53 Å². The zero-order chi connectivity index (χ0) is 17.0. The molecule has 24 heavy (non-hydrogen) atoms. The molecule has 3 heteroatoms. The van der Waals surface area contributed by atoms with Crippen molar-refractivity contribution in [2.75, 3.05) is 6.61 Å². The predicted molar refractivity (Wildman–Crippen MR) is 101 cm³/mol. The molecule has 0 N–H and O–H groups in total. The van der Waals surface area contributed by atoms with Crippen molar-refractivity contribution in [3.8, 4) is 0 Å². The highest BCUT2D eigenvalue weighted by atomic mass is 32.2. The van der Waals surface area contributed by atoms with Crippen LogP contribution in [0.25, 0.3) is 0 Å². The highest BCUT2D eigenvalue weighted by molar-refractivity contribution is 8.00. The number of allylic oxidation sites excluding steroid dienone is 1. The summed E-state index contributed by atoms with van der Waals surface area (Å²) in [5.74, 6) is 0.270. The number of hydrogen-bond donors (Lipinski definition) is 0. The van der Waals surface area contributed by atoms with Gasteiger partial charge in [-0.1, -0.05) is 54.6 Å². The molecule has 0 aliphatic rings. The minimum atomic E-state index is -0.0565. The van der Waals surface area contributed by atoms with E-state index in [9.17, 15) is 4.79 Å². The second-order valence-electron chi connectivity index (χ2n) is 5.55. The van der Waals surface area contributed by atoms with Gasteiger partial charge in [0.2, 0.25) is 0 Å². The molecule has 2 aromatic carbocycles. The Morgan fingerprint density at radius 3 is 2.42 bits per heavy atom. The second kappa shape index (κ2) is 10.8. The van der Waals surface area contributed by atoms with Gasteiger partial charge in [-0.3, -0.25) is 4.79 Å². The molecule has 2 aromatic rings. The molecule has 0 saturated carbocycles. The normalized spacial score (nSPS) is 11.8. The smallest absolute Gasteiger partial charge is 0.146 e. The fourth-order valence-corrected chi connectivity index (χ4v) is 3.46. The van der Waals surface area contributed by atoms with Gasteiger partial charge in [0.25, 0.3) is 0 Å². The maximum absolute atomic E-state index is 12.4. The molecule has 1 atom stereocenters. The molecular weight excluding hydrogens is 316 g/mol. The first-order valence-electron chi connectivity index (χ1n) is 8.26. The highest BCUT2D eigenvalue weighted by Crippen LogP contribution is 2.27. The Morgan fingerprint density at radius 1 is 1.08 bits per heavy atom. The molecule has 0 saturated heterocycles. The summed E-state index contributed by atoms with van der Waals surface area (Å²) in [5, 5.41) is -0.0565. The van der Waals surface area contributed by atoms with E-state index in [-0.39, 0.29) is 11.0 Å².